The molecule has 0 bridgehead atoms. The first kappa shape index (κ1) is 29.8. The zero-order chi connectivity index (χ0) is 29.9. The summed E-state index contributed by atoms with van der Waals surface area (Å²) in [6, 6.07) is 18.7. The maximum absolute atomic E-state index is 13.7. The van der Waals surface area contributed by atoms with Gasteiger partial charge in [0.15, 0.2) is 0 Å². The monoisotopic (exact) mass is 608 g/mol. The Morgan fingerprint density at radius 2 is 1.71 bits per heavy atom. The number of amides is 1. The third-order valence-corrected chi connectivity index (χ3v) is 9.78. The Bertz CT molecular complexity index is 1620. The third kappa shape index (κ3) is 6.23. The molecule has 1 aliphatic heterocycles. The highest BCUT2D eigenvalue weighted by Gasteiger charge is 2.40. The van der Waals surface area contributed by atoms with Crippen molar-refractivity contribution in [2.75, 3.05) is 7.11 Å². The molecule has 1 fully saturated rings. The lowest BCUT2D eigenvalue weighted by atomic mass is 9.94. The number of sulfonamides is 1. The van der Waals surface area contributed by atoms with Crippen LogP contribution in [-0.2, 0) is 37.4 Å². The quantitative estimate of drug-likeness (QED) is 0.208. The van der Waals surface area contributed by atoms with E-state index in [0.717, 1.165) is 37.7 Å². The Kier molecular flexibility index (Phi) is 9.01. The molecule has 1 aromatic heterocycles. The molecule has 1 amide bonds. The minimum atomic E-state index is -3.92. The molecule has 2 heterocycles. The lowest BCUT2D eigenvalue weighted by Gasteiger charge is -2.32. The van der Waals surface area contributed by atoms with E-state index < -0.39 is 16.0 Å². The van der Waals surface area contributed by atoms with Crippen molar-refractivity contribution in [1.82, 2.24) is 9.21 Å². The van der Waals surface area contributed by atoms with Crippen LogP contribution in [0.2, 0.25) is 5.02 Å². The van der Waals surface area contributed by atoms with Crippen LogP contribution >= 0.6 is 11.6 Å². The van der Waals surface area contributed by atoms with Crippen LogP contribution in [0.3, 0.4) is 0 Å². The highest BCUT2D eigenvalue weighted by atomic mass is 35.5. The maximum Gasteiger partial charge on any atom is 0.340 e. The summed E-state index contributed by atoms with van der Waals surface area (Å²) < 4.78 is 39.8. The fraction of sp³-hybridized carbons (Fsp3) is 0.312. The largest absolute Gasteiger partial charge is 0.465 e. The highest BCUT2D eigenvalue weighted by Crippen LogP contribution is 2.37. The molecule has 42 heavy (non-hydrogen) atoms. The van der Waals surface area contributed by atoms with Crippen LogP contribution in [0.15, 0.2) is 92.9 Å². The van der Waals surface area contributed by atoms with Crippen molar-refractivity contribution in [3.63, 3.8) is 0 Å². The Labute approximate surface area is 251 Å². The van der Waals surface area contributed by atoms with Crippen molar-refractivity contribution in [3.8, 4) is 0 Å². The molecule has 1 aliphatic carbocycles. The average Bonchev–Trinajstić information content (AvgIpc) is 3.54. The van der Waals surface area contributed by atoms with Gasteiger partial charge < -0.3 is 14.1 Å². The van der Waals surface area contributed by atoms with Crippen LogP contribution in [0.1, 0.15) is 56.1 Å². The molecule has 0 saturated heterocycles. The minimum absolute atomic E-state index is 0.0357. The first-order chi connectivity index (χ1) is 20.2. The number of benzene rings is 2. The molecule has 0 unspecified atom stereocenters. The fourth-order valence-corrected chi connectivity index (χ4v) is 7.14. The minimum Gasteiger partial charge on any atom is -0.465 e. The van der Waals surface area contributed by atoms with E-state index in [1.807, 2.05) is 30.3 Å². The molecule has 0 spiro atoms. The number of carbonyl (C=O) groups excluding carboxylic acids is 2. The number of nitrogens with zero attached hydrogens (tertiary/aromatic N) is 2. The van der Waals surface area contributed by atoms with E-state index in [2.05, 4.69) is 0 Å². The summed E-state index contributed by atoms with van der Waals surface area (Å²) in [5, 5.41) is 0.436. The zero-order valence-electron chi connectivity index (χ0n) is 23.6. The summed E-state index contributed by atoms with van der Waals surface area (Å²) in [6.45, 7) is 1.84. The summed E-state index contributed by atoms with van der Waals surface area (Å²) in [6.07, 6.45) is 6.52. The van der Waals surface area contributed by atoms with E-state index in [1.165, 1.54) is 35.7 Å². The maximum atomic E-state index is 13.7. The smallest absolute Gasteiger partial charge is 0.340 e. The second-order valence-corrected chi connectivity index (χ2v) is 12.9. The van der Waals surface area contributed by atoms with E-state index in [9.17, 15) is 18.0 Å². The molecule has 0 N–H and O–H groups in total. The van der Waals surface area contributed by atoms with E-state index in [-0.39, 0.29) is 41.1 Å². The van der Waals surface area contributed by atoms with Crippen LogP contribution in [0.4, 0.5) is 0 Å². The van der Waals surface area contributed by atoms with Gasteiger partial charge >= 0.3 is 5.97 Å². The molecule has 1 saturated carbocycles. The number of ether oxygens (including phenoxy) is 1. The number of hydrogen-bond acceptors (Lipinski definition) is 6. The lowest BCUT2D eigenvalue weighted by Crippen LogP contribution is -2.37. The van der Waals surface area contributed by atoms with Crippen LogP contribution in [-0.4, -0.2) is 42.7 Å². The Hall–Kier alpha value is -3.66. The number of esters is 1. The second-order valence-electron chi connectivity index (χ2n) is 10.5. The predicted molar refractivity (Wildman–Crippen MR) is 159 cm³/mol. The molecule has 3 aromatic rings. The standard InChI is InChI=1S/C32H33ClN2O6S/c1-22-30(32(37)40-2)29(31(36)35(22)25-11-7-4-8-12-25)19-26-15-16-27(41-26)21-34(20-23-9-5-3-6-10-23)42(38,39)28-17-13-24(33)14-18-28/h3,5-6,9-10,13-19,25H,4,7-8,11-12,20-21H2,1-2H3/b29-19+. The predicted octanol–water partition coefficient (Wildman–Crippen LogP) is 6.33. The van der Waals surface area contributed by atoms with Crippen LogP contribution in [0.5, 0.6) is 0 Å². The fourth-order valence-electron chi connectivity index (χ4n) is 5.62. The molecule has 10 heteroatoms. The van der Waals surface area contributed by atoms with Crippen molar-refractivity contribution < 1.29 is 27.2 Å². The van der Waals surface area contributed by atoms with Gasteiger partial charge in [-0.2, -0.15) is 4.31 Å². The van der Waals surface area contributed by atoms with Crippen LogP contribution in [0.25, 0.3) is 6.08 Å². The topological polar surface area (TPSA) is 97.1 Å². The van der Waals surface area contributed by atoms with Crippen LogP contribution in [0, 0.1) is 0 Å². The number of halogens is 1. The number of allylic oxidation sites excluding steroid dienone is 1. The van der Waals surface area contributed by atoms with Gasteiger partial charge in [0.05, 0.1) is 29.7 Å². The molecule has 5 rings (SSSR count). The van der Waals surface area contributed by atoms with Gasteiger partial charge in [0.25, 0.3) is 5.91 Å². The first-order valence-corrected chi connectivity index (χ1v) is 15.7. The molecule has 0 atom stereocenters. The summed E-state index contributed by atoms with van der Waals surface area (Å²) in [4.78, 5) is 28.2. The number of furan rings is 1. The van der Waals surface area contributed by atoms with Crippen molar-refractivity contribution in [1.29, 1.82) is 0 Å². The summed E-state index contributed by atoms with van der Waals surface area (Å²) in [7, 11) is -2.62. The molecular weight excluding hydrogens is 576 g/mol. The molecule has 2 aliphatic rings. The number of hydrogen-bond donors (Lipinski definition) is 0. The molecule has 2 aromatic carbocycles. The average molecular weight is 609 g/mol. The van der Waals surface area contributed by atoms with Gasteiger partial charge in [0.1, 0.15) is 11.5 Å². The van der Waals surface area contributed by atoms with Gasteiger partial charge in [-0.15, -0.1) is 0 Å². The summed E-state index contributed by atoms with van der Waals surface area (Å²) >= 11 is 6.00. The van der Waals surface area contributed by atoms with E-state index in [0.29, 0.717) is 22.2 Å². The van der Waals surface area contributed by atoms with Crippen molar-refractivity contribution in [2.45, 2.75) is 63.1 Å². The zero-order valence-corrected chi connectivity index (χ0v) is 25.2. The van der Waals surface area contributed by atoms with Crippen molar-refractivity contribution in [2.24, 2.45) is 0 Å². The molecular formula is C32H33ClN2O6S. The third-order valence-electron chi connectivity index (χ3n) is 7.73. The van der Waals surface area contributed by atoms with Gasteiger partial charge in [0, 0.05) is 23.3 Å². The Balaban J connectivity index is 1.45. The van der Waals surface area contributed by atoms with Gasteiger partial charge in [0.2, 0.25) is 10.0 Å². The lowest BCUT2D eigenvalue weighted by molar-refractivity contribution is -0.136. The van der Waals surface area contributed by atoms with Gasteiger partial charge in [-0.05, 0) is 67.8 Å². The van der Waals surface area contributed by atoms with E-state index in [4.69, 9.17) is 20.8 Å². The molecule has 220 valence electrons. The second kappa shape index (κ2) is 12.7. The first-order valence-electron chi connectivity index (χ1n) is 13.9. The molecule has 8 nitrogen and oxygen atoms in total. The number of rotatable bonds is 9. The number of carbonyl (C=O) groups is 2. The van der Waals surface area contributed by atoms with Gasteiger partial charge in [-0.1, -0.05) is 61.2 Å². The van der Waals surface area contributed by atoms with Crippen molar-refractivity contribution in [3.05, 3.63) is 106 Å². The summed E-state index contributed by atoms with van der Waals surface area (Å²) in [5.41, 5.74) is 1.83. The normalized spacial score (nSPS) is 17.5. The van der Waals surface area contributed by atoms with Crippen LogP contribution < -0.4 is 0 Å². The SMILES string of the molecule is COC(=O)C1=C(C)N(C2CCCCC2)C(=O)/C1=C/c1ccc(CN(Cc2ccccc2)S(=O)(=O)c2ccc(Cl)cc2)o1. The number of methoxy groups -OCH3 is 1. The Morgan fingerprint density at radius 1 is 1.02 bits per heavy atom. The summed E-state index contributed by atoms with van der Waals surface area (Å²) in [5.74, 6) is -0.129. The van der Waals surface area contributed by atoms with Gasteiger partial charge in [-0.3, -0.25) is 4.79 Å². The Morgan fingerprint density at radius 3 is 2.38 bits per heavy atom. The molecule has 0 radical (unpaired) electrons. The van der Waals surface area contributed by atoms with E-state index >= 15 is 0 Å². The van der Waals surface area contributed by atoms with Gasteiger partial charge in [-0.25, -0.2) is 13.2 Å². The highest BCUT2D eigenvalue weighted by molar-refractivity contribution is 7.89. The van der Waals surface area contributed by atoms with E-state index in [1.54, 1.807) is 30.0 Å². The van der Waals surface area contributed by atoms with Crippen molar-refractivity contribution >= 4 is 39.6 Å².